The number of benzene rings is 1. The Balaban J connectivity index is 2.01. The molecule has 1 aromatic carbocycles. The largest absolute Gasteiger partial charge is 0.467 e. The first kappa shape index (κ1) is 17.2. The molecule has 0 saturated heterocycles. The van der Waals surface area contributed by atoms with E-state index in [1.807, 2.05) is 12.1 Å². The number of furan rings is 1. The van der Waals surface area contributed by atoms with E-state index in [0.717, 1.165) is 25.2 Å². The van der Waals surface area contributed by atoms with Crippen LogP contribution in [0.4, 0.5) is 0 Å². The van der Waals surface area contributed by atoms with Gasteiger partial charge in [0.1, 0.15) is 12.0 Å². The molecule has 0 spiro atoms. The number of rotatable bonds is 8. The van der Waals surface area contributed by atoms with E-state index in [0.29, 0.717) is 24.4 Å². The van der Waals surface area contributed by atoms with Crippen molar-refractivity contribution in [2.75, 3.05) is 13.1 Å². The molecule has 5 heteroatoms. The van der Waals surface area contributed by atoms with Crippen LogP contribution in [0.2, 0.25) is 0 Å². The molecule has 3 N–H and O–H groups in total. The van der Waals surface area contributed by atoms with Crippen LogP contribution in [-0.2, 0) is 19.6 Å². The SMILES string of the molecule is CCN(CC)Cc1ccccc1CNC(=O)c1coc(CN)c1. The molecule has 0 aliphatic heterocycles. The van der Waals surface area contributed by atoms with E-state index < -0.39 is 0 Å². The standard InChI is InChI=1S/C18H25N3O2/c1-3-21(4-2)12-15-8-6-5-7-14(15)11-20-18(22)16-9-17(10-19)23-13-16/h5-9,13H,3-4,10-12,19H2,1-2H3,(H,20,22). The maximum Gasteiger partial charge on any atom is 0.254 e. The van der Waals surface area contributed by atoms with Crippen molar-refractivity contribution in [1.82, 2.24) is 10.2 Å². The van der Waals surface area contributed by atoms with Crippen LogP contribution in [0.5, 0.6) is 0 Å². The highest BCUT2D eigenvalue weighted by molar-refractivity contribution is 5.93. The second-order valence-electron chi connectivity index (χ2n) is 5.42. The van der Waals surface area contributed by atoms with Crippen molar-refractivity contribution in [3.05, 3.63) is 59.0 Å². The molecule has 0 fully saturated rings. The lowest BCUT2D eigenvalue weighted by Crippen LogP contribution is -2.25. The van der Waals surface area contributed by atoms with Gasteiger partial charge in [-0.15, -0.1) is 0 Å². The summed E-state index contributed by atoms with van der Waals surface area (Å²) in [7, 11) is 0. The maximum absolute atomic E-state index is 12.2. The molecule has 2 aromatic rings. The predicted molar refractivity (Wildman–Crippen MR) is 90.8 cm³/mol. The maximum atomic E-state index is 12.2. The van der Waals surface area contributed by atoms with Crippen LogP contribution in [0.15, 0.2) is 41.0 Å². The minimum atomic E-state index is -0.147. The van der Waals surface area contributed by atoms with Crippen LogP contribution in [0.25, 0.3) is 0 Å². The van der Waals surface area contributed by atoms with Gasteiger partial charge in [0.05, 0.1) is 12.1 Å². The van der Waals surface area contributed by atoms with E-state index in [9.17, 15) is 4.79 Å². The Labute approximate surface area is 137 Å². The number of carbonyl (C=O) groups is 1. The highest BCUT2D eigenvalue weighted by atomic mass is 16.3. The Hall–Kier alpha value is -2.11. The summed E-state index contributed by atoms with van der Waals surface area (Å²) < 4.78 is 5.20. The molecule has 0 unspecified atom stereocenters. The van der Waals surface area contributed by atoms with Crippen LogP contribution >= 0.6 is 0 Å². The molecule has 0 saturated carbocycles. The van der Waals surface area contributed by atoms with Crippen molar-refractivity contribution in [1.29, 1.82) is 0 Å². The highest BCUT2D eigenvalue weighted by Gasteiger charge is 2.11. The molecule has 124 valence electrons. The summed E-state index contributed by atoms with van der Waals surface area (Å²) in [5.41, 5.74) is 8.37. The topological polar surface area (TPSA) is 71.5 Å². The zero-order valence-corrected chi connectivity index (χ0v) is 13.8. The molecule has 1 aromatic heterocycles. The van der Waals surface area contributed by atoms with Gasteiger partial charge in [0.15, 0.2) is 0 Å². The van der Waals surface area contributed by atoms with Crippen LogP contribution in [0.1, 0.15) is 41.1 Å². The third-order valence-corrected chi connectivity index (χ3v) is 3.96. The van der Waals surface area contributed by atoms with E-state index in [1.54, 1.807) is 6.07 Å². The van der Waals surface area contributed by atoms with Crippen molar-refractivity contribution in [2.45, 2.75) is 33.5 Å². The van der Waals surface area contributed by atoms with Crippen LogP contribution in [0.3, 0.4) is 0 Å². The molecule has 1 heterocycles. The summed E-state index contributed by atoms with van der Waals surface area (Å²) in [5.74, 6) is 0.461. The second-order valence-corrected chi connectivity index (χ2v) is 5.42. The lowest BCUT2D eigenvalue weighted by molar-refractivity contribution is 0.0950. The fourth-order valence-electron chi connectivity index (χ4n) is 2.46. The summed E-state index contributed by atoms with van der Waals surface area (Å²) in [4.78, 5) is 14.5. The summed E-state index contributed by atoms with van der Waals surface area (Å²) in [6, 6.07) is 9.88. The molecular weight excluding hydrogens is 290 g/mol. The Morgan fingerprint density at radius 2 is 1.91 bits per heavy atom. The predicted octanol–water partition coefficient (Wildman–Crippen LogP) is 2.51. The van der Waals surface area contributed by atoms with Crippen LogP contribution < -0.4 is 11.1 Å². The average Bonchev–Trinajstić information content (AvgIpc) is 3.07. The van der Waals surface area contributed by atoms with E-state index in [1.165, 1.54) is 11.8 Å². The quantitative estimate of drug-likeness (QED) is 0.785. The number of nitrogens with one attached hydrogen (secondary N) is 1. The molecule has 1 amide bonds. The summed E-state index contributed by atoms with van der Waals surface area (Å²) in [6.07, 6.45) is 1.44. The second kappa shape index (κ2) is 8.50. The lowest BCUT2D eigenvalue weighted by atomic mass is 10.1. The van der Waals surface area contributed by atoms with E-state index >= 15 is 0 Å². The normalized spacial score (nSPS) is 11.0. The van der Waals surface area contributed by atoms with Gasteiger partial charge in [0.25, 0.3) is 5.91 Å². The zero-order chi connectivity index (χ0) is 16.7. The molecule has 0 aliphatic carbocycles. The molecule has 23 heavy (non-hydrogen) atoms. The first-order valence-electron chi connectivity index (χ1n) is 8.02. The number of carbonyl (C=O) groups excluding carboxylic acids is 1. The zero-order valence-electron chi connectivity index (χ0n) is 13.8. The first-order valence-corrected chi connectivity index (χ1v) is 8.02. The average molecular weight is 315 g/mol. The fraction of sp³-hybridized carbons (Fsp3) is 0.389. The van der Waals surface area contributed by atoms with Gasteiger partial charge in [-0.25, -0.2) is 0 Å². The Kier molecular flexibility index (Phi) is 6.38. The first-order chi connectivity index (χ1) is 11.2. The van der Waals surface area contributed by atoms with Gasteiger partial charge in [-0.2, -0.15) is 0 Å². The molecular formula is C18H25N3O2. The summed E-state index contributed by atoms with van der Waals surface area (Å²) in [6.45, 7) is 8.01. The Morgan fingerprint density at radius 1 is 1.22 bits per heavy atom. The molecule has 2 rings (SSSR count). The number of hydrogen-bond donors (Lipinski definition) is 2. The minimum Gasteiger partial charge on any atom is -0.467 e. The molecule has 5 nitrogen and oxygen atoms in total. The van der Waals surface area contributed by atoms with Gasteiger partial charge in [-0.3, -0.25) is 9.69 Å². The molecule has 0 bridgehead atoms. The van der Waals surface area contributed by atoms with Gasteiger partial charge in [-0.05, 0) is 30.3 Å². The van der Waals surface area contributed by atoms with Crippen molar-refractivity contribution < 1.29 is 9.21 Å². The fourth-order valence-corrected chi connectivity index (χ4v) is 2.46. The van der Waals surface area contributed by atoms with Gasteiger partial charge < -0.3 is 15.5 Å². The molecule has 0 radical (unpaired) electrons. The van der Waals surface area contributed by atoms with Gasteiger partial charge in [0.2, 0.25) is 0 Å². The number of nitrogens with zero attached hydrogens (tertiary/aromatic N) is 1. The van der Waals surface area contributed by atoms with E-state index in [-0.39, 0.29) is 5.91 Å². The third kappa shape index (κ3) is 4.68. The van der Waals surface area contributed by atoms with Gasteiger partial charge >= 0.3 is 0 Å². The summed E-state index contributed by atoms with van der Waals surface area (Å²) in [5, 5.41) is 2.94. The van der Waals surface area contributed by atoms with Crippen molar-refractivity contribution >= 4 is 5.91 Å². The highest BCUT2D eigenvalue weighted by Crippen LogP contribution is 2.13. The number of hydrogen-bond acceptors (Lipinski definition) is 4. The monoisotopic (exact) mass is 315 g/mol. The smallest absolute Gasteiger partial charge is 0.254 e. The van der Waals surface area contributed by atoms with Gasteiger partial charge in [0, 0.05) is 13.1 Å². The molecule has 0 aliphatic rings. The number of amides is 1. The number of nitrogens with two attached hydrogens (primary N) is 1. The van der Waals surface area contributed by atoms with E-state index in [2.05, 4.69) is 36.2 Å². The Morgan fingerprint density at radius 3 is 2.52 bits per heavy atom. The van der Waals surface area contributed by atoms with Gasteiger partial charge in [-0.1, -0.05) is 38.1 Å². The molecule has 0 atom stereocenters. The van der Waals surface area contributed by atoms with Crippen LogP contribution in [0, 0.1) is 0 Å². The van der Waals surface area contributed by atoms with E-state index in [4.69, 9.17) is 10.2 Å². The summed E-state index contributed by atoms with van der Waals surface area (Å²) >= 11 is 0. The van der Waals surface area contributed by atoms with Crippen molar-refractivity contribution in [2.24, 2.45) is 5.73 Å². The van der Waals surface area contributed by atoms with Crippen molar-refractivity contribution in [3.63, 3.8) is 0 Å². The lowest BCUT2D eigenvalue weighted by Gasteiger charge is -2.20. The van der Waals surface area contributed by atoms with Crippen molar-refractivity contribution in [3.8, 4) is 0 Å². The minimum absolute atomic E-state index is 0.147. The van der Waals surface area contributed by atoms with Crippen LogP contribution in [-0.4, -0.2) is 23.9 Å². The Bertz CT molecular complexity index is 633. The third-order valence-electron chi connectivity index (χ3n) is 3.96.